The molecule has 0 saturated carbocycles. The summed E-state index contributed by atoms with van der Waals surface area (Å²) in [6.07, 6.45) is 3.38. The summed E-state index contributed by atoms with van der Waals surface area (Å²) in [6, 6.07) is 18.9. The highest BCUT2D eigenvalue weighted by atomic mass is 32.1. The molecule has 1 heterocycles. The topological polar surface area (TPSA) is 115 Å². The van der Waals surface area contributed by atoms with Gasteiger partial charge in [0.05, 0.1) is 10.6 Å². The minimum absolute atomic E-state index is 0.0916. The van der Waals surface area contributed by atoms with E-state index in [0.717, 1.165) is 30.5 Å². The number of nitrogens with zero attached hydrogens (tertiary/aromatic N) is 4. The Morgan fingerprint density at radius 3 is 2.41 bits per heavy atom. The first-order valence-electron chi connectivity index (χ1n) is 10.8. The van der Waals surface area contributed by atoms with Crippen LogP contribution < -0.4 is 10.6 Å². The molecule has 10 heteroatoms. The van der Waals surface area contributed by atoms with Crippen molar-refractivity contribution in [2.24, 2.45) is 0 Å². The molecule has 9 nitrogen and oxygen atoms in total. The van der Waals surface area contributed by atoms with E-state index in [-0.39, 0.29) is 16.4 Å². The van der Waals surface area contributed by atoms with Crippen molar-refractivity contribution >= 4 is 45.6 Å². The second-order valence-corrected chi connectivity index (χ2v) is 8.08. The molecule has 0 radical (unpaired) electrons. The number of nitro benzene ring substituents is 1. The van der Waals surface area contributed by atoms with E-state index in [2.05, 4.69) is 39.9 Å². The monoisotopic (exact) mass is 474 g/mol. The zero-order valence-corrected chi connectivity index (χ0v) is 19.2. The Bertz CT molecular complexity index is 1350. The summed E-state index contributed by atoms with van der Waals surface area (Å²) in [5.41, 5.74) is 4.37. The lowest BCUT2D eigenvalue weighted by Crippen LogP contribution is -2.34. The Morgan fingerprint density at radius 2 is 1.74 bits per heavy atom. The number of hydrogen-bond donors (Lipinski definition) is 2. The van der Waals surface area contributed by atoms with E-state index in [1.807, 2.05) is 18.2 Å². The van der Waals surface area contributed by atoms with Crippen LogP contribution in [0.4, 0.5) is 11.4 Å². The van der Waals surface area contributed by atoms with Crippen molar-refractivity contribution in [2.45, 2.75) is 26.2 Å². The van der Waals surface area contributed by atoms with Crippen LogP contribution in [0.5, 0.6) is 0 Å². The highest BCUT2D eigenvalue weighted by Gasteiger charge is 2.12. The van der Waals surface area contributed by atoms with Crippen molar-refractivity contribution in [1.82, 2.24) is 20.3 Å². The van der Waals surface area contributed by atoms with E-state index in [4.69, 9.17) is 12.2 Å². The average molecular weight is 475 g/mol. The van der Waals surface area contributed by atoms with Crippen molar-refractivity contribution in [2.75, 3.05) is 5.32 Å². The van der Waals surface area contributed by atoms with Gasteiger partial charge < -0.3 is 5.32 Å². The van der Waals surface area contributed by atoms with E-state index in [0.29, 0.717) is 11.2 Å². The lowest BCUT2D eigenvalue weighted by molar-refractivity contribution is -0.384. The largest absolute Gasteiger partial charge is 0.332 e. The van der Waals surface area contributed by atoms with Crippen LogP contribution in [0.25, 0.3) is 16.7 Å². The Labute approximate surface area is 200 Å². The minimum Gasteiger partial charge on any atom is -0.332 e. The third-order valence-corrected chi connectivity index (χ3v) is 5.40. The molecule has 4 rings (SSSR count). The molecule has 0 aliphatic heterocycles. The Morgan fingerprint density at radius 1 is 1.03 bits per heavy atom. The van der Waals surface area contributed by atoms with Crippen LogP contribution in [0.2, 0.25) is 0 Å². The molecule has 4 aromatic rings. The van der Waals surface area contributed by atoms with Gasteiger partial charge in [-0.25, -0.2) is 0 Å². The maximum absolute atomic E-state index is 12.3. The van der Waals surface area contributed by atoms with Crippen molar-refractivity contribution in [3.63, 3.8) is 0 Å². The smallest absolute Gasteiger partial charge is 0.269 e. The number of nitrogens with one attached hydrogen (secondary N) is 2. The number of rotatable bonds is 7. The van der Waals surface area contributed by atoms with Gasteiger partial charge in [0.1, 0.15) is 11.0 Å². The third-order valence-electron chi connectivity index (χ3n) is 5.19. The van der Waals surface area contributed by atoms with E-state index in [9.17, 15) is 14.9 Å². The summed E-state index contributed by atoms with van der Waals surface area (Å²) in [4.78, 5) is 24.2. The number of carbonyl (C=O) groups excluding carboxylic acids is 1. The van der Waals surface area contributed by atoms with Gasteiger partial charge in [0, 0.05) is 23.4 Å². The molecule has 0 aliphatic carbocycles. The zero-order chi connectivity index (χ0) is 24.1. The molecule has 0 unspecified atom stereocenters. The second kappa shape index (κ2) is 10.2. The Kier molecular flexibility index (Phi) is 6.88. The standard InChI is InChI=1S/C24H22N6O3S/c1-2-3-4-16-5-10-19(11-6-16)29-27-21-14-9-18(15-22(21)28-29)25-24(34)26-23(31)17-7-12-20(13-8-17)30(32)33/h5-15H,2-4H2,1H3,(H2,25,26,31,34). The molecule has 2 N–H and O–H groups in total. The summed E-state index contributed by atoms with van der Waals surface area (Å²) in [6.45, 7) is 2.18. The summed E-state index contributed by atoms with van der Waals surface area (Å²) in [5.74, 6) is -0.471. The van der Waals surface area contributed by atoms with Crippen LogP contribution in [0.3, 0.4) is 0 Å². The van der Waals surface area contributed by atoms with Crippen molar-refractivity contribution < 1.29 is 9.72 Å². The zero-order valence-electron chi connectivity index (χ0n) is 18.4. The quantitative estimate of drug-likeness (QED) is 0.225. The maximum atomic E-state index is 12.3. The highest BCUT2D eigenvalue weighted by molar-refractivity contribution is 7.80. The van der Waals surface area contributed by atoms with E-state index in [1.54, 1.807) is 16.9 Å². The molecule has 172 valence electrons. The average Bonchev–Trinajstić information content (AvgIpc) is 3.26. The molecular weight excluding hydrogens is 452 g/mol. The summed E-state index contributed by atoms with van der Waals surface area (Å²) in [7, 11) is 0. The number of carbonyl (C=O) groups is 1. The molecule has 1 amide bonds. The van der Waals surface area contributed by atoms with Crippen LogP contribution in [0.1, 0.15) is 35.7 Å². The molecule has 0 fully saturated rings. The Balaban J connectivity index is 1.42. The first-order valence-corrected chi connectivity index (χ1v) is 11.2. The number of amides is 1. The van der Waals surface area contributed by atoms with Gasteiger partial charge in [-0.15, -0.1) is 10.2 Å². The lowest BCUT2D eigenvalue weighted by atomic mass is 10.1. The highest BCUT2D eigenvalue weighted by Crippen LogP contribution is 2.18. The van der Waals surface area contributed by atoms with Gasteiger partial charge in [-0.2, -0.15) is 4.80 Å². The van der Waals surface area contributed by atoms with Crippen LogP contribution in [0.15, 0.2) is 66.7 Å². The van der Waals surface area contributed by atoms with Gasteiger partial charge in [0.15, 0.2) is 5.11 Å². The fourth-order valence-corrected chi connectivity index (χ4v) is 3.57. The first kappa shape index (κ1) is 23.0. The molecule has 0 saturated heterocycles. The van der Waals surface area contributed by atoms with E-state index in [1.165, 1.54) is 29.8 Å². The molecule has 3 aromatic carbocycles. The fraction of sp³-hybridized carbons (Fsp3) is 0.167. The maximum Gasteiger partial charge on any atom is 0.269 e. The number of fused-ring (bicyclic) bond motifs is 1. The molecule has 0 spiro atoms. The molecule has 34 heavy (non-hydrogen) atoms. The van der Waals surface area contributed by atoms with Crippen molar-refractivity contribution in [3.8, 4) is 5.69 Å². The summed E-state index contributed by atoms with van der Waals surface area (Å²) in [5, 5.41) is 25.4. The van der Waals surface area contributed by atoms with Gasteiger partial charge in [-0.3, -0.25) is 20.2 Å². The van der Waals surface area contributed by atoms with Crippen LogP contribution in [-0.4, -0.2) is 30.9 Å². The minimum atomic E-state index is -0.525. The SMILES string of the molecule is CCCCc1ccc(-n2nc3ccc(NC(=S)NC(=O)c4ccc([N+](=O)[O-])cc4)cc3n2)cc1. The number of nitro groups is 1. The predicted molar refractivity (Wildman–Crippen MR) is 134 cm³/mol. The number of aromatic nitrogens is 3. The van der Waals surface area contributed by atoms with Gasteiger partial charge in [0.25, 0.3) is 11.6 Å². The lowest BCUT2D eigenvalue weighted by Gasteiger charge is -2.09. The van der Waals surface area contributed by atoms with Crippen LogP contribution >= 0.6 is 12.2 Å². The van der Waals surface area contributed by atoms with Gasteiger partial charge in [-0.1, -0.05) is 25.5 Å². The second-order valence-electron chi connectivity index (χ2n) is 7.68. The Hall–Kier alpha value is -4.18. The molecule has 0 atom stereocenters. The molecular formula is C24H22N6O3S. The van der Waals surface area contributed by atoms with Gasteiger partial charge in [0.2, 0.25) is 0 Å². The molecule has 0 aliphatic rings. The number of aryl methyl sites for hydroxylation is 1. The first-order chi connectivity index (χ1) is 16.4. The van der Waals surface area contributed by atoms with E-state index >= 15 is 0 Å². The van der Waals surface area contributed by atoms with Gasteiger partial charge in [-0.05, 0) is 73.1 Å². The van der Waals surface area contributed by atoms with Crippen molar-refractivity contribution in [3.05, 3.63) is 88.0 Å². The third kappa shape index (κ3) is 5.41. The number of anilines is 1. The number of thiocarbonyl (C=S) groups is 1. The van der Waals surface area contributed by atoms with Crippen LogP contribution in [0, 0.1) is 10.1 Å². The predicted octanol–water partition coefficient (Wildman–Crippen LogP) is 4.80. The number of benzene rings is 3. The van der Waals surface area contributed by atoms with Crippen LogP contribution in [-0.2, 0) is 6.42 Å². The summed E-state index contributed by atoms with van der Waals surface area (Å²) >= 11 is 5.23. The number of hydrogen-bond acceptors (Lipinski definition) is 6. The number of unbranched alkanes of at least 4 members (excludes halogenated alkanes) is 1. The molecule has 0 bridgehead atoms. The number of non-ortho nitro benzene ring substituents is 1. The summed E-state index contributed by atoms with van der Waals surface area (Å²) < 4.78 is 0. The molecule has 1 aromatic heterocycles. The van der Waals surface area contributed by atoms with Crippen molar-refractivity contribution in [1.29, 1.82) is 0 Å². The van der Waals surface area contributed by atoms with E-state index < -0.39 is 10.8 Å². The van der Waals surface area contributed by atoms with Gasteiger partial charge >= 0.3 is 0 Å². The fourth-order valence-electron chi connectivity index (χ4n) is 3.36. The normalized spacial score (nSPS) is 10.7.